The molecular formula is C12H21NO2. The highest BCUT2D eigenvalue weighted by atomic mass is 16.5. The SMILES string of the molecule is OC1CC2CCC(C1)N2CC1CCCO1. The summed E-state index contributed by atoms with van der Waals surface area (Å²) in [6.45, 7) is 2.07. The smallest absolute Gasteiger partial charge is 0.0703 e. The van der Waals surface area contributed by atoms with E-state index in [1.54, 1.807) is 0 Å². The molecule has 86 valence electrons. The van der Waals surface area contributed by atoms with Crippen LogP contribution >= 0.6 is 0 Å². The second-order valence-electron chi connectivity index (χ2n) is 5.34. The van der Waals surface area contributed by atoms with Gasteiger partial charge in [-0.2, -0.15) is 0 Å². The van der Waals surface area contributed by atoms with Gasteiger partial charge in [0.15, 0.2) is 0 Å². The molecule has 3 fully saturated rings. The Hall–Kier alpha value is -0.120. The van der Waals surface area contributed by atoms with E-state index in [1.807, 2.05) is 0 Å². The third-order valence-corrected chi connectivity index (χ3v) is 4.30. The second-order valence-corrected chi connectivity index (χ2v) is 5.34. The van der Waals surface area contributed by atoms with Crippen LogP contribution in [0.4, 0.5) is 0 Å². The zero-order valence-electron chi connectivity index (χ0n) is 9.27. The van der Waals surface area contributed by atoms with E-state index in [2.05, 4.69) is 4.90 Å². The standard InChI is InChI=1S/C12H21NO2/c14-11-6-9-3-4-10(7-11)13(9)8-12-2-1-5-15-12/h9-12,14H,1-8H2. The first kappa shape index (κ1) is 10.1. The molecule has 0 amide bonds. The van der Waals surface area contributed by atoms with Gasteiger partial charge in [-0.05, 0) is 38.5 Å². The summed E-state index contributed by atoms with van der Waals surface area (Å²) in [4.78, 5) is 2.61. The van der Waals surface area contributed by atoms with Crippen molar-refractivity contribution in [1.82, 2.24) is 4.90 Å². The summed E-state index contributed by atoms with van der Waals surface area (Å²) in [7, 11) is 0. The van der Waals surface area contributed by atoms with Gasteiger partial charge in [-0.15, -0.1) is 0 Å². The molecule has 0 aliphatic carbocycles. The number of hydrogen-bond acceptors (Lipinski definition) is 3. The number of ether oxygens (including phenoxy) is 1. The fraction of sp³-hybridized carbons (Fsp3) is 1.00. The van der Waals surface area contributed by atoms with Crippen molar-refractivity contribution in [2.75, 3.05) is 13.2 Å². The maximum atomic E-state index is 9.71. The first-order chi connectivity index (χ1) is 7.33. The summed E-state index contributed by atoms with van der Waals surface area (Å²) in [5.41, 5.74) is 0. The fourth-order valence-corrected chi connectivity index (χ4v) is 3.57. The number of rotatable bonds is 2. The van der Waals surface area contributed by atoms with Crippen molar-refractivity contribution in [2.24, 2.45) is 0 Å². The number of piperidine rings is 1. The van der Waals surface area contributed by atoms with Crippen LogP contribution in [0, 0.1) is 0 Å². The average molecular weight is 211 g/mol. The van der Waals surface area contributed by atoms with E-state index in [9.17, 15) is 5.11 Å². The quantitative estimate of drug-likeness (QED) is 0.744. The zero-order chi connectivity index (χ0) is 10.3. The van der Waals surface area contributed by atoms with Crippen molar-refractivity contribution >= 4 is 0 Å². The van der Waals surface area contributed by atoms with Gasteiger partial charge in [-0.25, -0.2) is 0 Å². The summed E-state index contributed by atoms with van der Waals surface area (Å²) in [5.74, 6) is 0. The van der Waals surface area contributed by atoms with Gasteiger partial charge in [0, 0.05) is 25.2 Å². The monoisotopic (exact) mass is 211 g/mol. The molecule has 1 N–H and O–H groups in total. The Balaban J connectivity index is 1.61. The number of hydrogen-bond donors (Lipinski definition) is 1. The van der Waals surface area contributed by atoms with Crippen LogP contribution in [0.5, 0.6) is 0 Å². The molecule has 3 atom stereocenters. The number of fused-ring (bicyclic) bond motifs is 2. The van der Waals surface area contributed by atoms with E-state index in [4.69, 9.17) is 4.74 Å². The van der Waals surface area contributed by atoms with Gasteiger partial charge in [0.1, 0.15) is 0 Å². The summed E-state index contributed by atoms with van der Waals surface area (Å²) in [6, 6.07) is 1.28. The first-order valence-electron chi connectivity index (χ1n) is 6.38. The van der Waals surface area contributed by atoms with Crippen LogP contribution in [-0.2, 0) is 4.74 Å². The van der Waals surface area contributed by atoms with Gasteiger partial charge in [0.05, 0.1) is 12.2 Å². The summed E-state index contributed by atoms with van der Waals surface area (Å²) in [6.07, 6.45) is 7.45. The molecule has 3 unspecified atom stereocenters. The van der Waals surface area contributed by atoms with Crippen molar-refractivity contribution in [3.05, 3.63) is 0 Å². The van der Waals surface area contributed by atoms with Gasteiger partial charge >= 0.3 is 0 Å². The van der Waals surface area contributed by atoms with E-state index in [0.717, 1.165) is 26.0 Å². The molecule has 0 saturated carbocycles. The molecule has 0 aromatic rings. The lowest BCUT2D eigenvalue weighted by atomic mass is 9.99. The Labute approximate surface area is 91.4 Å². The van der Waals surface area contributed by atoms with Gasteiger partial charge in [-0.1, -0.05) is 0 Å². The summed E-state index contributed by atoms with van der Waals surface area (Å²) >= 11 is 0. The van der Waals surface area contributed by atoms with Crippen LogP contribution in [0.3, 0.4) is 0 Å². The third kappa shape index (κ3) is 1.93. The number of aliphatic hydroxyl groups is 1. The van der Waals surface area contributed by atoms with Crippen molar-refractivity contribution in [3.8, 4) is 0 Å². The minimum absolute atomic E-state index is 0.0387. The summed E-state index contributed by atoms with van der Waals surface area (Å²) < 4.78 is 5.70. The van der Waals surface area contributed by atoms with Crippen molar-refractivity contribution in [2.45, 2.75) is 62.8 Å². The highest BCUT2D eigenvalue weighted by molar-refractivity contribution is 4.96. The normalized spacial score (nSPS) is 46.2. The van der Waals surface area contributed by atoms with Gasteiger partial charge in [0.2, 0.25) is 0 Å². The van der Waals surface area contributed by atoms with Gasteiger partial charge in [-0.3, -0.25) is 4.90 Å². The van der Waals surface area contributed by atoms with Gasteiger partial charge in [0.25, 0.3) is 0 Å². The lowest BCUT2D eigenvalue weighted by Crippen LogP contribution is -2.47. The Bertz CT molecular complexity index is 214. The summed E-state index contributed by atoms with van der Waals surface area (Å²) in [5, 5.41) is 9.71. The molecule has 0 aromatic heterocycles. The van der Waals surface area contributed by atoms with Crippen molar-refractivity contribution in [1.29, 1.82) is 0 Å². The van der Waals surface area contributed by atoms with E-state index in [0.29, 0.717) is 18.2 Å². The predicted octanol–water partition coefficient (Wildman–Crippen LogP) is 1.15. The topological polar surface area (TPSA) is 32.7 Å². The van der Waals surface area contributed by atoms with Crippen LogP contribution in [0.15, 0.2) is 0 Å². The molecule has 3 aliphatic heterocycles. The molecule has 15 heavy (non-hydrogen) atoms. The number of aliphatic hydroxyl groups excluding tert-OH is 1. The highest BCUT2D eigenvalue weighted by Gasteiger charge is 2.41. The largest absolute Gasteiger partial charge is 0.393 e. The minimum Gasteiger partial charge on any atom is -0.393 e. The van der Waals surface area contributed by atoms with Crippen LogP contribution in [-0.4, -0.2) is 47.4 Å². The Morgan fingerprint density at radius 1 is 1.13 bits per heavy atom. The molecule has 3 nitrogen and oxygen atoms in total. The molecule has 2 bridgehead atoms. The van der Waals surface area contributed by atoms with E-state index < -0.39 is 0 Å². The Morgan fingerprint density at radius 2 is 1.87 bits per heavy atom. The fourth-order valence-electron chi connectivity index (χ4n) is 3.57. The van der Waals surface area contributed by atoms with Crippen LogP contribution in [0.25, 0.3) is 0 Å². The second kappa shape index (κ2) is 4.04. The molecule has 0 radical (unpaired) electrons. The minimum atomic E-state index is -0.0387. The number of nitrogens with zero attached hydrogens (tertiary/aromatic N) is 1. The van der Waals surface area contributed by atoms with Crippen molar-refractivity contribution in [3.63, 3.8) is 0 Å². The van der Waals surface area contributed by atoms with E-state index >= 15 is 0 Å². The third-order valence-electron chi connectivity index (χ3n) is 4.30. The molecule has 3 heteroatoms. The molecule has 3 saturated heterocycles. The Kier molecular flexibility index (Phi) is 2.71. The van der Waals surface area contributed by atoms with Crippen LogP contribution in [0.2, 0.25) is 0 Å². The Morgan fingerprint density at radius 3 is 2.47 bits per heavy atom. The van der Waals surface area contributed by atoms with E-state index in [1.165, 1.54) is 25.7 Å². The molecule has 3 aliphatic rings. The lowest BCUT2D eigenvalue weighted by molar-refractivity contribution is 0.000659. The maximum absolute atomic E-state index is 9.71. The predicted molar refractivity (Wildman–Crippen MR) is 57.7 cm³/mol. The van der Waals surface area contributed by atoms with Gasteiger partial charge < -0.3 is 9.84 Å². The molecule has 0 spiro atoms. The molecule has 0 aromatic carbocycles. The first-order valence-corrected chi connectivity index (χ1v) is 6.38. The van der Waals surface area contributed by atoms with Crippen molar-refractivity contribution < 1.29 is 9.84 Å². The highest BCUT2D eigenvalue weighted by Crippen LogP contribution is 2.36. The zero-order valence-corrected chi connectivity index (χ0v) is 9.27. The lowest BCUT2D eigenvalue weighted by Gasteiger charge is -2.38. The molecular weight excluding hydrogens is 190 g/mol. The molecule has 3 rings (SSSR count). The van der Waals surface area contributed by atoms with Crippen LogP contribution < -0.4 is 0 Å². The maximum Gasteiger partial charge on any atom is 0.0703 e. The van der Waals surface area contributed by atoms with E-state index in [-0.39, 0.29) is 6.10 Å². The average Bonchev–Trinajstić information content (AvgIpc) is 2.77. The van der Waals surface area contributed by atoms with Crippen LogP contribution in [0.1, 0.15) is 38.5 Å². The molecule has 3 heterocycles.